The lowest BCUT2D eigenvalue weighted by atomic mass is 10.2. The molecule has 1 unspecified atom stereocenters. The van der Waals surface area contributed by atoms with E-state index in [1.54, 1.807) is 46.6 Å². The molecule has 0 saturated carbocycles. The van der Waals surface area contributed by atoms with Gasteiger partial charge in [-0.05, 0) is 67.1 Å². The fourth-order valence-electron chi connectivity index (χ4n) is 3.55. The molecule has 0 bridgehead atoms. The van der Waals surface area contributed by atoms with Crippen LogP contribution < -0.4 is 11.5 Å². The number of nitrogens with two attached hydrogens (primary N) is 2. The Morgan fingerprint density at radius 2 is 1.23 bits per heavy atom. The third kappa shape index (κ3) is 5.30. The van der Waals surface area contributed by atoms with Crippen LogP contribution in [-0.2, 0) is 0 Å². The molecule has 1 atom stereocenters. The van der Waals surface area contributed by atoms with Gasteiger partial charge in [0.25, 0.3) is 0 Å². The van der Waals surface area contributed by atoms with Gasteiger partial charge in [0.2, 0.25) is 0 Å². The Kier molecular flexibility index (Phi) is 6.96. The average molecular weight is 547 g/mol. The average Bonchev–Trinajstić information content (AvgIpc) is 3.65. The largest absolute Gasteiger partial charge is 0.390 e. The van der Waals surface area contributed by atoms with Gasteiger partial charge in [-0.2, -0.15) is 10.5 Å². The molecule has 1 aliphatic rings. The van der Waals surface area contributed by atoms with E-state index in [9.17, 15) is 0 Å². The zero-order chi connectivity index (χ0) is 24.4. The molecule has 0 fully saturated rings. The molecule has 4 aromatic rings. The van der Waals surface area contributed by atoms with Gasteiger partial charge in [0, 0.05) is 49.2 Å². The Hall–Kier alpha value is -3.05. The third-order valence-electron chi connectivity index (χ3n) is 5.18. The summed E-state index contributed by atoms with van der Waals surface area (Å²) in [5.74, 6) is 0. The molecular formula is C26H18N4S5. The predicted octanol–water partition coefficient (Wildman–Crippen LogP) is 8.18. The molecule has 0 aliphatic carbocycles. The highest BCUT2D eigenvalue weighted by atomic mass is 32.2. The number of nitriles is 2. The smallest absolute Gasteiger partial charge is 0.117 e. The highest BCUT2D eigenvalue weighted by Gasteiger charge is 2.21. The number of nitrogens with zero attached hydrogens (tertiary/aromatic N) is 2. The molecule has 5 rings (SSSR count). The molecule has 4 nitrogen and oxygen atoms in total. The Bertz CT molecular complexity index is 1560. The zero-order valence-corrected chi connectivity index (χ0v) is 22.3. The van der Waals surface area contributed by atoms with E-state index in [-0.39, 0.29) is 11.4 Å². The summed E-state index contributed by atoms with van der Waals surface area (Å²) < 4.78 is 0. The molecule has 35 heavy (non-hydrogen) atoms. The summed E-state index contributed by atoms with van der Waals surface area (Å²) in [6.45, 7) is 0. The number of hydrogen-bond donors (Lipinski definition) is 2. The van der Waals surface area contributed by atoms with E-state index in [2.05, 4.69) is 48.5 Å². The lowest BCUT2D eigenvalue weighted by Crippen LogP contribution is -1.92. The SMILES string of the molecule is N#C/C(N)=C\C1=CCC(c2ccc(-c3ccc(-c4ccc(-c5ccc(/C=C(/N)C#N)s5)s4)s3)s2)S1. The second kappa shape index (κ2) is 10.3. The Labute approximate surface area is 223 Å². The fourth-order valence-corrected chi connectivity index (χ4v) is 9.19. The van der Waals surface area contributed by atoms with Crippen LogP contribution in [0.5, 0.6) is 0 Å². The van der Waals surface area contributed by atoms with E-state index in [1.165, 1.54) is 34.1 Å². The van der Waals surface area contributed by atoms with Gasteiger partial charge in [-0.25, -0.2) is 0 Å². The van der Waals surface area contributed by atoms with Crippen LogP contribution in [0.1, 0.15) is 21.4 Å². The Morgan fingerprint density at radius 1 is 0.714 bits per heavy atom. The van der Waals surface area contributed by atoms with E-state index in [0.717, 1.165) is 16.2 Å². The van der Waals surface area contributed by atoms with Crippen molar-refractivity contribution in [2.75, 3.05) is 0 Å². The van der Waals surface area contributed by atoms with Crippen LogP contribution in [0.3, 0.4) is 0 Å². The van der Waals surface area contributed by atoms with Crippen molar-refractivity contribution in [2.45, 2.75) is 11.7 Å². The molecule has 0 radical (unpaired) electrons. The zero-order valence-electron chi connectivity index (χ0n) is 18.2. The molecule has 0 aromatic carbocycles. The van der Waals surface area contributed by atoms with Gasteiger partial charge < -0.3 is 11.5 Å². The molecule has 9 heteroatoms. The summed E-state index contributed by atoms with van der Waals surface area (Å²) in [5, 5.41) is 18.2. The van der Waals surface area contributed by atoms with Crippen molar-refractivity contribution >= 4 is 63.2 Å². The molecular weight excluding hydrogens is 529 g/mol. The van der Waals surface area contributed by atoms with Crippen molar-refractivity contribution in [3.63, 3.8) is 0 Å². The summed E-state index contributed by atoms with van der Waals surface area (Å²) in [7, 11) is 0. The van der Waals surface area contributed by atoms with Gasteiger partial charge >= 0.3 is 0 Å². The van der Waals surface area contributed by atoms with Crippen LogP contribution >= 0.6 is 57.1 Å². The number of thiophene rings is 4. The van der Waals surface area contributed by atoms with Crippen LogP contribution in [0.4, 0.5) is 0 Å². The minimum Gasteiger partial charge on any atom is -0.390 e. The van der Waals surface area contributed by atoms with E-state index in [0.29, 0.717) is 5.25 Å². The van der Waals surface area contributed by atoms with Crippen LogP contribution in [-0.4, -0.2) is 0 Å². The van der Waals surface area contributed by atoms with E-state index in [4.69, 9.17) is 22.0 Å². The van der Waals surface area contributed by atoms with E-state index in [1.807, 2.05) is 40.9 Å². The molecule has 5 heterocycles. The minimum absolute atomic E-state index is 0.219. The van der Waals surface area contributed by atoms with Crippen LogP contribution in [0.25, 0.3) is 35.3 Å². The number of rotatable bonds is 6. The topological polar surface area (TPSA) is 99.6 Å². The summed E-state index contributed by atoms with van der Waals surface area (Å²) in [6, 6.07) is 21.2. The fraction of sp³-hybridized carbons (Fsp3) is 0.0769. The van der Waals surface area contributed by atoms with Gasteiger partial charge in [0.05, 0.1) is 0 Å². The quantitative estimate of drug-likeness (QED) is 0.238. The Balaban J connectivity index is 1.29. The second-order valence-corrected chi connectivity index (χ2v) is 13.3. The maximum absolute atomic E-state index is 8.90. The van der Waals surface area contributed by atoms with Gasteiger partial charge in [-0.1, -0.05) is 6.08 Å². The summed E-state index contributed by atoms with van der Waals surface area (Å²) >= 11 is 8.83. The summed E-state index contributed by atoms with van der Waals surface area (Å²) in [4.78, 5) is 10.8. The van der Waals surface area contributed by atoms with E-state index >= 15 is 0 Å². The van der Waals surface area contributed by atoms with Crippen molar-refractivity contribution in [1.82, 2.24) is 0 Å². The molecule has 0 saturated heterocycles. The van der Waals surface area contributed by atoms with Crippen molar-refractivity contribution in [1.29, 1.82) is 10.5 Å². The maximum atomic E-state index is 8.90. The maximum Gasteiger partial charge on any atom is 0.117 e. The van der Waals surface area contributed by atoms with Crippen LogP contribution in [0, 0.1) is 22.7 Å². The summed E-state index contributed by atoms with van der Waals surface area (Å²) in [6.07, 6.45) is 6.58. The molecule has 1 aliphatic heterocycles. The van der Waals surface area contributed by atoms with E-state index < -0.39 is 0 Å². The van der Waals surface area contributed by atoms with Crippen LogP contribution in [0.2, 0.25) is 0 Å². The predicted molar refractivity (Wildman–Crippen MR) is 153 cm³/mol. The van der Waals surface area contributed by atoms with Crippen molar-refractivity contribution in [2.24, 2.45) is 11.5 Å². The second-order valence-electron chi connectivity index (χ2n) is 7.60. The lowest BCUT2D eigenvalue weighted by molar-refractivity contribution is 1.02. The lowest BCUT2D eigenvalue weighted by Gasteiger charge is -2.05. The molecule has 0 amide bonds. The van der Waals surface area contributed by atoms with Gasteiger partial charge in [-0.15, -0.1) is 57.1 Å². The normalized spacial score (nSPS) is 16.2. The standard InChI is InChI=1S/C26H18N4S5/c27-13-15(29)11-17-1-3-19(31-17)21-5-7-23(33-21)25-9-10-26(35-25)24-8-6-22(34-24)20-4-2-18(32-20)12-16(30)14-28/h1-3,5-12,20H,4,29-30H2/b15-11+,16-12+. The highest BCUT2D eigenvalue weighted by Crippen LogP contribution is 2.49. The van der Waals surface area contributed by atoms with Crippen molar-refractivity contribution in [3.8, 4) is 41.4 Å². The molecule has 4 aromatic heterocycles. The van der Waals surface area contributed by atoms with Gasteiger partial charge in [0.1, 0.15) is 23.5 Å². The third-order valence-corrected chi connectivity index (χ3v) is 11.6. The monoisotopic (exact) mass is 546 g/mol. The molecule has 172 valence electrons. The first kappa shape index (κ1) is 23.7. The van der Waals surface area contributed by atoms with Crippen molar-refractivity contribution in [3.05, 3.63) is 86.7 Å². The first-order valence-electron chi connectivity index (χ1n) is 10.5. The minimum atomic E-state index is 0.219. The number of thioether (sulfide) groups is 1. The molecule has 0 spiro atoms. The van der Waals surface area contributed by atoms with Gasteiger partial charge in [0.15, 0.2) is 0 Å². The first-order valence-corrected chi connectivity index (χ1v) is 14.7. The van der Waals surface area contributed by atoms with Crippen molar-refractivity contribution < 1.29 is 0 Å². The highest BCUT2D eigenvalue weighted by molar-refractivity contribution is 8.03. The van der Waals surface area contributed by atoms with Crippen LogP contribution in [0.15, 0.2) is 77.0 Å². The number of allylic oxidation sites excluding steroid dienone is 4. The first-order chi connectivity index (χ1) is 17.0. The number of hydrogen-bond acceptors (Lipinski definition) is 9. The molecule has 4 N–H and O–H groups in total. The Morgan fingerprint density at radius 3 is 1.86 bits per heavy atom. The van der Waals surface area contributed by atoms with Gasteiger partial charge in [-0.3, -0.25) is 0 Å². The summed E-state index contributed by atoms with van der Waals surface area (Å²) in [5.41, 5.74) is 11.8.